The number of rotatable bonds is 1. The summed E-state index contributed by atoms with van der Waals surface area (Å²) in [4.78, 5) is 13.7. The van der Waals surface area contributed by atoms with Crippen LogP contribution in [0.4, 0.5) is 5.69 Å². The zero-order valence-corrected chi connectivity index (χ0v) is 9.45. The van der Waals surface area contributed by atoms with E-state index in [-0.39, 0.29) is 5.88 Å². The molecule has 5 nitrogen and oxygen atoms in total. The highest BCUT2D eigenvalue weighted by atomic mass is 32.1. The monoisotopic (exact) mass is 244 g/mol. The Bertz CT molecular complexity index is 785. The zero-order valence-electron chi connectivity index (χ0n) is 8.64. The normalized spacial score (nSPS) is 13.8. The number of aromatic nitrogens is 2. The van der Waals surface area contributed by atoms with Crippen molar-refractivity contribution in [2.45, 2.75) is 0 Å². The maximum atomic E-state index is 9.55. The number of imidazole rings is 1. The molecule has 0 bridgehead atoms. The van der Waals surface area contributed by atoms with Gasteiger partial charge >= 0.3 is 0 Å². The summed E-state index contributed by atoms with van der Waals surface area (Å²) in [6.45, 7) is 0. The Morgan fingerprint density at radius 3 is 2.94 bits per heavy atom. The second-order valence-electron chi connectivity index (χ2n) is 3.61. The van der Waals surface area contributed by atoms with Crippen molar-refractivity contribution in [2.75, 3.05) is 0 Å². The lowest BCUT2D eigenvalue weighted by Gasteiger charge is -1.91. The number of H-pyrrole nitrogens is 2. The second-order valence-corrected chi connectivity index (χ2v) is 4.02. The number of benzene rings is 1. The third kappa shape index (κ3) is 1.78. The van der Waals surface area contributed by atoms with Crippen LogP contribution >= 0.6 is 12.2 Å². The highest BCUT2D eigenvalue weighted by Gasteiger charge is 2.01. The molecule has 0 saturated carbocycles. The van der Waals surface area contributed by atoms with Gasteiger partial charge < -0.3 is 15.1 Å². The van der Waals surface area contributed by atoms with Crippen LogP contribution in [-0.2, 0) is 0 Å². The van der Waals surface area contributed by atoms with E-state index in [0.717, 1.165) is 16.3 Å². The molecule has 0 atom stereocenters. The van der Waals surface area contributed by atoms with Crippen molar-refractivity contribution >= 4 is 30.3 Å². The highest BCUT2D eigenvalue weighted by molar-refractivity contribution is 7.71. The molecular formula is C11H8N4OS. The van der Waals surface area contributed by atoms with Crippen LogP contribution in [0.25, 0.3) is 6.08 Å². The molecule has 0 saturated heterocycles. The third-order valence-electron chi connectivity index (χ3n) is 2.44. The minimum Gasteiger partial charge on any atom is -0.493 e. The van der Waals surface area contributed by atoms with Crippen LogP contribution in [-0.4, -0.2) is 21.4 Å². The van der Waals surface area contributed by atoms with Gasteiger partial charge in [-0.2, -0.15) is 0 Å². The summed E-state index contributed by atoms with van der Waals surface area (Å²) in [5, 5.41) is 11.3. The Balaban J connectivity index is 2.17. The van der Waals surface area contributed by atoms with Gasteiger partial charge in [-0.3, -0.25) is 0 Å². The summed E-state index contributed by atoms with van der Waals surface area (Å²) in [6.07, 6.45) is 3.31. The molecule has 1 aromatic heterocycles. The number of nitrogens with zero attached hydrogens (tertiary/aromatic N) is 2. The Kier molecular flexibility index (Phi) is 2.15. The summed E-state index contributed by atoms with van der Waals surface area (Å²) in [6, 6.07) is 5.68. The molecule has 84 valence electrons. The fraction of sp³-hybridized carbons (Fsp3) is 0. The molecule has 0 amide bonds. The fourth-order valence-electron chi connectivity index (χ4n) is 1.65. The van der Waals surface area contributed by atoms with Gasteiger partial charge in [0.15, 0.2) is 4.77 Å². The minimum absolute atomic E-state index is 0.0312. The van der Waals surface area contributed by atoms with Crippen LogP contribution in [0.2, 0.25) is 0 Å². The van der Waals surface area contributed by atoms with Gasteiger partial charge in [0, 0.05) is 0 Å². The Labute approximate surface area is 101 Å². The van der Waals surface area contributed by atoms with Crippen molar-refractivity contribution < 1.29 is 5.11 Å². The number of aliphatic imine (C=N–C) groups is 1. The Morgan fingerprint density at radius 2 is 2.18 bits per heavy atom. The van der Waals surface area contributed by atoms with Gasteiger partial charge in [0.25, 0.3) is 0 Å². The number of hydrogen-bond acceptors (Lipinski definition) is 4. The van der Waals surface area contributed by atoms with Gasteiger partial charge in [0.2, 0.25) is 5.88 Å². The average molecular weight is 244 g/mol. The molecule has 0 unspecified atom stereocenters. The zero-order chi connectivity index (χ0) is 11.8. The van der Waals surface area contributed by atoms with Crippen LogP contribution in [0.5, 0.6) is 5.88 Å². The fourth-order valence-corrected chi connectivity index (χ4v) is 1.86. The second kappa shape index (κ2) is 3.67. The summed E-state index contributed by atoms with van der Waals surface area (Å²) >= 11 is 4.89. The smallest absolute Gasteiger partial charge is 0.215 e. The van der Waals surface area contributed by atoms with E-state index < -0.39 is 0 Å². The summed E-state index contributed by atoms with van der Waals surface area (Å²) in [5.41, 5.74) is 1.38. The number of aromatic amines is 2. The molecule has 3 rings (SSSR count). The largest absolute Gasteiger partial charge is 0.493 e. The van der Waals surface area contributed by atoms with Crippen molar-refractivity contribution in [3.8, 4) is 5.88 Å². The van der Waals surface area contributed by atoms with Crippen molar-refractivity contribution in [3.63, 3.8) is 0 Å². The van der Waals surface area contributed by atoms with E-state index in [1.165, 1.54) is 6.34 Å². The molecule has 1 aliphatic rings. The molecule has 2 aromatic rings. The van der Waals surface area contributed by atoms with Crippen molar-refractivity contribution in [2.24, 2.45) is 9.98 Å². The number of nitrogens with one attached hydrogen (secondary N) is 2. The lowest BCUT2D eigenvalue weighted by molar-refractivity contribution is 0.455. The Morgan fingerprint density at radius 1 is 1.29 bits per heavy atom. The van der Waals surface area contributed by atoms with Gasteiger partial charge in [-0.05, 0) is 35.6 Å². The van der Waals surface area contributed by atoms with Crippen molar-refractivity contribution in [3.05, 3.63) is 39.2 Å². The molecule has 6 heteroatoms. The molecule has 1 aromatic carbocycles. The van der Waals surface area contributed by atoms with Gasteiger partial charge in [0.05, 0.1) is 11.0 Å². The summed E-state index contributed by atoms with van der Waals surface area (Å²) in [5.74, 6) is 0.0312. The molecule has 0 radical (unpaired) electrons. The number of hydrogen-bond donors (Lipinski definition) is 3. The van der Waals surface area contributed by atoms with Gasteiger partial charge in [-0.1, -0.05) is 6.07 Å². The number of aromatic hydroxyl groups is 1. The van der Waals surface area contributed by atoms with E-state index in [1.807, 2.05) is 18.2 Å². The summed E-state index contributed by atoms with van der Waals surface area (Å²) < 4.78 is 0.392. The lowest BCUT2D eigenvalue weighted by Crippen LogP contribution is -2.06. The predicted molar refractivity (Wildman–Crippen MR) is 66.6 cm³/mol. The standard InChI is InChI=1S/C11H8N4OS/c16-10-9(14-11(17)15-10)4-6-1-2-7-8(3-6)13-5-12-7/h1-5,16H,(H2,14,15,17)/b6-4-. The average Bonchev–Trinajstić information content (AvgIpc) is 2.85. The van der Waals surface area contributed by atoms with E-state index >= 15 is 0 Å². The maximum absolute atomic E-state index is 9.55. The van der Waals surface area contributed by atoms with E-state index in [2.05, 4.69) is 20.0 Å². The van der Waals surface area contributed by atoms with Crippen molar-refractivity contribution in [1.29, 1.82) is 0 Å². The topological polar surface area (TPSA) is 76.5 Å². The van der Waals surface area contributed by atoms with Gasteiger partial charge in [0.1, 0.15) is 12.0 Å². The first kappa shape index (κ1) is 9.98. The highest BCUT2D eigenvalue weighted by Crippen LogP contribution is 2.11. The van der Waals surface area contributed by atoms with E-state index in [1.54, 1.807) is 6.08 Å². The first-order chi connectivity index (χ1) is 8.22. The van der Waals surface area contributed by atoms with E-state index in [4.69, 9.17) is 12.2 Å². The third-order valence-corrected chi connectivity index (χ3v) is 2.64. The molecule has 2 heterocycles. The molecule has 0 fully saturated rings. The minimum atomic E-state index is 0.0312. The van der Waals surface area contributed by atoms with Crippen LogP contribution < -0.4 is 10.6 Å². The molecule has 17 heavy (non-hydrogen) atoms. The summed E-state index contributed by atoms with van der Waals surface area (Å²) in [7, 11) is 0. The SMILES string of the molecule is Oc1[nH]c(=S)[nH]c1/C=c1/ccc2c(c1)N=CN=2. The molecule has 1 aliphatic heterocycles. The lowest BCUT2D eigenvalue weighted by atomic mass is 10.2. The van der Waals surface area contributed by atoms with Crippen molar-refractivity contribution in [1.82, 2.24) is 9.97 Å². The quantitative estimate of drug-likeness (QED) is 0.652. The molecule has 0 spiro atoms. The first-order valence-corrected chi connectivity index (χ1v) is 5.36. The van der Waals surface area contributed by atoms with Crippen LogP contribution in [0.15, 0.2) is 28.2 Å². The van der Waals surface area contributed by atoms with Crippen LogP contribution in [0.3, 0.4) is 0 Å². The Hall–Kier alpha value is -2.21. The first-order valence-electron chi connectivity index (χ1n) is 4.96. The van der Waals surface area contributed by atoms with E-state index in [0.29, 0.717) is 10.5 Å². The van der Waals surface area contributed by atoms with Crippen LogP contribution in [0, 0.1) is 4.77 Å². The van der Waals surface area contributed by atoms with Gasteiger partial charge in [-0.15, -0.1) is 0 Å². The molecular weight excluding hydrogens is 236 g/mol. The maximum Gasteiger partial charge on any atom is 0.215 e. The molecule has 0 aliphatic carbocycles. The molecule has 3 N–H and O–H groups in total. The predicted octanol–water partition coefficient (Wildman–Crippen LogP) is 0.900. The number of fused-ring (bicyclic) bond motifs is 1. The van der Waals surface area contributed by atoms with Gasteiger partial charge in [-0.25, -0.2) is 9.98 Å². The van der Waals surface area contributed by atoms with Crippen LogP contribution in [0.1, 0.15) is 5.69 Å². The van der Waals surface area contributed by atoms with E-state index in [9.17, 15) is 5.11 Å².